The predicted molar refractivity (Wildman–Crippen MR) is 70.4 cm³/mol. The molecule has 0 bridgehead atoms. The largest absolute Gasteiger partial charge is 0.481 e. The maximum absolute atomic E-state index is 11.2. The Bertz CT molecular complexity index is 507. The van der Waals surface area contributed by atoms with Gasteiger partial charge in [-0.1, -0.05) is 0 Å². The van der Waals surface area contributed by atoms with Crippen LogP contribution >= 0.6 is 0 Å². The summed E-state index contributed by atoms with van der Waals surface area (Å²) in [7, 11) is 0. The van der Waals surface area contributed by atoms with Crippen molar-refractivity contribution in [3.63, 3.8) is 0 Å². The van der Waals surface area contributed by atoms with Gasteiger partial charge in [0, 0.05) is 18.8 Å². The zero-order valence-electron chi connectivity index (χ0n) is 10.4. The highest BCUT2D eigenvalue weighted by molar-refractivity contribution is 5.95. The van der Waals surface area contributed by atoms with Crippen LogP contribution in [0, 0.1) is 5.92 Å². The number of rotatable bonds is 3. The van der Waals surface area contributed by atoms with Gasteiger partial charge < -0.3 is 20.8 Å². The number of benzene rings is 1. The third kappa shape index (κ3) is 2.78. The number of carboxylic acid groups (broad SMARTS) is 2. The molecule has 102 valence electrons. The minimum absolute atomic E-state index is 0.161. The molecule has 1 fully saturated rings. The molecule has 1 aliphatic rings. The van der Waals surface area contributed by atoms with Crippen LogP contribution in [0.25, 0.3) is 0 Å². The molecule has 1 aliphatic heterocycles. The normalized spacial score (nSPS) is 16.3. The van der Waals surface area contributed by atoms with Gasteiger partial charge in [0.05, 0.1) is 17.2 Å². The van der Waals surface area contributed by atoms with Crippen molar-refractivity contribution in [2.45, 2.75) is 12.8 Å². The SMILES string of the molecule is Nc1ccc(N2CCC(C(=O)O)CC2)c(C(=O)O)c1. The van der Waals surface area contributed by atoms with Crippen molar-refractivity contribution in [3.8, 4) is 0 Å². The first-order chi connectivity index (χ1) is 8.99. The van der Waals surface area contributed by atoms with Gasteiger partial charge in [0.1, 0.15) is 0 Å². The summed E-state index contributed by atoms with van der Waals surface area (Å²) in [6.45, 7) is 1.09. The number of nitrogens with zero attached hydrogens (tertiary/aromatic N) is 1. The van der Waals surface area contributed by atoms with Gasteiger partial charge in [0.15, 0.2) is 0 Å². The average Bonchev–Trinajstić information content (AvgIpc) is 2.38. The van der Waals surface area contributed by atoms with Crippen molar-refractivity contribution in [2.75, 3.05) is 23.7 Å². The van der Waals surface area contributed by atoms with E-state index in [0.717, 1.165) is 0 Å². The molecular formula is C13H16N2O4. The molecule has 6 nitrogen and oxygen atoms in total. The number of carbonyl (C=O) groups is 2. The van der Waals surface area contributed by atoms with E-state index in [-0.39, 0.29) is 11.5 Å². The van der Waals surface area contributed by atoms with Crippen LogP contribution in [-0.2, 0) is 4.79 Å². The highest BCUT2D eigenvalue weighted by Gasteiger charge is 2.26. The molecule has 0 aliphatic carbocycles. The molecule has 1 heterocycles. The molecule has 0 radical (unpaired) electrons. The smallest absolute Gasteiger partial charge is 0.337 e. The van der Waals surface area contributed by atoms with Gasteiger partial charge in [-0.05, 0) is 31.0 Å². The number of aliphatic carboxylic acids is 1. The summed E-state index contributed by atoms with van der Waals surface area (Å²) in [6.07, 6.45) is 1.05. The number of hydrogen-bond acceptors (Lipinski definition) is 4. The number of aromatic carboxylic acids is 1. The first kappa shape index (κ1) is 13.2. The maximum Gasteiger partial charge on any atom is 0.337 e. The van der Waals surface area contributed by atoms with Gasteiger partial charge in [-0.2, -0.15) is 0 Å². The second-order valence-corrected chi connectivity index (χ2v) is 4.68. The fourth-order valence-electron chi connectivity index (χ4n) is 2.37. The molecule has 1 aromatic rings. The van der Waals surface area contributed by atoms with E-state index in [1.165, 1.54) is 6.07 Å². The van der Waals surface area contributed by atoms with E-state index in [0.29, 0.717) is 37.3 Å². The Morgan fingerprint density at radius 3 is 2.37 bits per heavy atom. The van der Waals surface area contributed by atoms with Gasteiger partial charge in [-0.25, -0.2) is 4.79 Å². The lowest BCUT2D eigenvalue weighted by Crippen LogP contribution is -2.37. The molecule has 0 saturated carbocycles. The van der Waals surface area contributed by atoms with Gasteiger partial charge >= 0.3 is 11.9 Å². The fraction of sp³-hybridized carbons (Fsp3) is 0.385. The zero-order valence-corrected chi connectivity index (χ0v) is 10.4. The van der Waals surface area contributed by atoms with Crippen LogP contribution in [0.1, 0.15) is 23.2 Å². The van der Waals surface area contributed by atoms with Crippen LogP contribution in [-0.4, -0.2) is 35.2 Å². The fourth-order valence-corrected chi connectivity index (χ4v) is 2.37. The van der Waals surface area contributed by atoms with Crippen LogP contribution in [0.5, 0.6) is 0 Å². The molecule has 19 heavy (non-hydrogen) atoms. The van der Waals surface area contributed by atoms with Crippen molar-refractivity contribution < 1.29 is 19.8 Å². The summed E-state index contributed by atoms with van der Waals surface area (Å²) >= 11 is 0. The Balaban J connectivity index is 2.20. The Labute approximate surface area is 110 Å². The summed E-state index contributed by atoms with van der Waals surface area (Å²) in [5.74, 6) is -2.14. The predicted octanol–water partition coefficient (Wildman–Crippen LogP) is 1.27. The van der Waals surface area contributed by atoms with E-state index in [2.05, 4.69) is 0 Å². The number of hydrogen-bond donors (Lipinski definition) is 3. The van der Waals surface area contributed by atoms with E-state index in [1.54, 1.807) is 12.1 Å². The monoisotopic (exact) mass is 264 g/mol. The highest BCUT2D eigenvalue weighted by atomic mass is 16.4. The van der Waals surface area contributed by atoms with E-state index in [4.69, 9.17) is 10.8 Å². The standard InChI is InChI=1S/C13H16N2O4/c14-9-1-2-11(10(7-9)13(18)19)15-5-3-8(4-6-15)12(16)17/h1-2,7-8H,3-6,14H2,(H,16,17)(H,18,19). The molecule has 6 heteroatoms. The zero-order chi connectivity index (χ0) is 14.0. The number of carboxylic acids is 2. The second kappa shape index (κ2) is 5.17. The van der Waals surface area contributed by atoms with Crippen molar-refractivity contribution in [3.05, 3.63) is 23.8 Å². The van der Waals surface area contributed by atoms with Crippen LogP contribution in [0.3, 0.4) is 0 Å². The first-order valence-corrected chi connectivity index (χ1v) is 6.09. The van der Waals surface area contributed by atoms with Crippen LogP contribution in [0.4, 0.5) is 11.4 Å². The second-order valence-electron chi connectivity index (χ2n) is 4.68. The van der Waals surface area contributed by atoms with Gasteiger partial charge in [-0.3, -0.25) is 4.79 Å². The number of nitrogens with two attached hydrogens (primary N) is 1. The molecule has 1 aromatic carbocycles. The lowest BCUT2D eigenvalue weighted by Gasteiger charge is -2.32. The molecule has 0 atom stereocenters. The summed E-state index contributed by atoms with van der Waals surface area (Å²) in [5, 5.41) is 18.1. The third-order valence-electron chi connectivity index (χ3n) is 3.44. The molecule has 0 unspecified atom stereocenters. The summed E-state index contributed by atoms with van der Waals surface area (Å²) in [4.78, 5) is 24.0. The van der Waals surface area contributed by atoms with E-state index in [9.17, 15) is 14.7 Å². The van der Waals surface area contributed by atoms with Gasteiger partial charge in [-0.15, -0.1) is 0 Å². The molecule has 0 aromatic heterocycles. The average molecular weight is 264 g/mol. The Hall–Kier alpha value is -2.24. The maximum atomic E-state index is 11.2. The molecule has 1 saturated heterocycles. The molecular weight excluding hydrogens is 248 g/mol. The van der Waals surface area contributed by atoms with Crippen molar-refractivity contribution in [1.29, 1.82) is 0 Å². The van der Waals surface area contributed by atoms with Crippen molar-refractivity contribution in [2.24, 2.45) is 5.92 Å². The minimum atomic E-state index is -1.03. The summed E-state index contributed by atoms with van der Waals surface area (Å²) < 4.78 is 0. The summed E-state index contributed by atoms with van der Waals surface area (Å²) in [5.41, 5.74) is 6.76. The third-order valence-corrected chi connectivity index (χ3v) is 3.44. The highest BCUT2D eigenvalue weighted by Crippen LogP contribution is 2.28. The van der Waals surface area contributed by atoms with Gasteiger partial charge in [0.25, 0.3) is 0 Å². The molecule has 0 amide bonds. The molecule has 0 spiro atoms. The molecule has 4 N–H and O–H groups in total. The lowest BCUT2D eigenvalue weighted by atomic mass is 9.96. The van der Waals surface area contributed by atoms with Crippen LogP contribution in [0.2, 0.25) is 0 Å². The number of piperidine rings is 1. The Kier molecular flexibility index (Phi) is 3.59. The first-order valence-electron chi connectivity index (χ1n) is 6.09. The van der Waals surface area contributed by atoms with Crippen LogP contribution < -0.4 is 10.6 Å². The van der Waals surface area contributed by atoms with Gasteiger partial charge in [0.2, 0.25) is 0 Å². The quantitative estimate of drug-likeness (QED) is 0.710. The summed E-state index contributed by atoms with van der Waals surface area (Å²) in [6, 6.07) is 4.77. The Morgan fingerprint density at radius 2 is 1.84 bits per heavy atom. The van der Waals surface area contributed by atoms with E-state index < -0.39 is 11.9 Å². The van der Waals surface area contributed by atoms with Crippen LogP contribution in [0.15, 0.2) is 18.2 Å². The van der Waals surface area contributed by atoms with Crippen molar-refractivity contribution >= 4 is 23.3 Å². The number of nitrogen functional groups attached to an aromatic ring is 1. The minimum Gasteiger partial charge on any atom is -0.481 e. The topological polar surface area (TPSA) is 104 Å². The Morgan fingerprint density at radius 1 is 1.21 bits per heavy atom. The molecule has 2 rings (SSSR count). The van der Waals surface area contributed by atoms with E-state index >= 15 is 0 Å². The van der Waals surface area contributed by atoms with Crippen molar-refractivity contribution in [1.82, 2.24) is 0 Å². The van der Waals surface area contributed by atoms with E-state index in [1.807, 2.05) is 4.90 Å². The lowest BCUT2D eigenvalue weighted by molar-refractivity contribution is -0.142. The number of anilines is 2.